The maximum absolute atomic E-state index is 12.5. The molecule has 1 unspecified atom stereocenters. The Kier molecular flexibility index (Phi) is 4.42. The van der Waals surface area contributed by atoms with Crippen LogP contribution in [0.3, 0.4) is 0 Å². The fraction of sp³-hybridized carbons (Fsp3) is 0.571. The summed E-state index contributed by atoms with van der Waals surface area (Å²) in [5.41, 5.74) is 1.31. The van der Waals surface area contributed by atoms with E-state index in [0.29, 0.717) is 10.8 Å². The van der Waals surface area contributed by atoms with Crippen LogP contribution in [0.1, 0.15) is 31.7 Å². The van der Waals surface area contributed by atoms with Gasteiger partial charge in [-0.25, -0.2) is 4.98 Å². The zero-order valence-corrected chi connectivity index (χ0v) is 12.2. The normalized spacial score (nSPS) is 22.5. The number of carbonyl (C=O) groups is 1. The quantitative estimate of drug-likeness (QED) is 0.835. The average Bonchev–Trinajstić information content (AvgIpc) is 2.84. The molecule has 0 bridgehead atoms. The van der Waals surface area contributed by atoms with Crippen LogP contribution in [0.5, 0.6) is 0 Å². The van der Waals surface area contributed by atoms with Crippen LogP contribution in [-0.4, -0.2) is 24.0 Å². The molecule has 2 heterocycles. The first-order chi connectivity index (χ1) is 9.07. The molecule has 2 rings (SSSR count). The summed E-state index contributed by atoms with van der Waals surface area (Å²) in [6, 6.07) is 1.86. The molecule has 2 N–H and O–H groups in total. The Morgan fingerprint density at radius 3 is 3.00 bits per heavy atom. The van der Waals surface area contributed by atoms with E-state index in [4.69, 9.17) is 11.6 Å². The molecule has 1 fully saturated rings. The van der Waals surface area contributed by atoms with Gasteiger partial charge in [-0.1, -0.05) is 24.9 Å². The van der Waals surface area contributed by atoms with E-state index in [2.05, 4.69) is 22.5 Å². The number of halogens is 1. The van der Waals surface area contributed by atoms with Gasteiger partial charge in [-0.05, 0) is 37.9 Å². The Labute approximate surface area is 118 Å². The van der Waals surface area contributed by atoms with Crippen molar-refractivity contribution in [3.05, 3.63) is 23.0 Å². The SMILES string of the molecule is CCCC1(C(=O)Nc2cnc(Cl)c(C)c2)CCNC1. The molecule has 0 saturated carbocycles. The number of anilines is 1. The van der Waals surface area contributed by atoms with Crippen LogP contribution < -0.4 is 10.6 Å². The minimum absolute atomic E-state index is 0.0860. The molecule has 19 heavy (non-hydrogen) atoms. The number of hydrogen-bond acceptors (Lipinski definition) is 3. The molecule has 0 aromatic carbocycles. The van der Waals surface area contributed by atoms with E-state index in [9.17, 15) is 4.79 Å². The molecule has 1 aliphatic heterocycles. The van der Waals surface area contributed by atoms with E-state index in [-0.39, 0.29) is 11.3 Å². The third-order valence-corrected chi connectivity index (χ3v) is 4.12. The number of carbonyl (C=O) groups excluding carboxylic acids is 1. The van der Waals surface area contributed by atoms with Gasteiger partial charge in [0.2, 0.25) is 5.91 Å². The number of rotatable bonds is 4. The highest BCUT2D eigenvalue weighted by molar-refractivity contribution is 6.30. The van der Waals surface area contributed by atoms with E-state index < -0.39 is 0 Å². The zero-order chi connectivity index (χ0) is 13.9. The first kappa shape index (κ1) is 14.3. The lowest BCUT2D eigenvalue weighted by molar-refractivity contribution is -0.125. The largest absolute Gasteiger partial charge is 0.324 e. The number of nitrogens with one attached hydrogen (secondary N) is 2. The Hall–Kier alpha value is -1.13. The van der Waals surface area contributed by atoms with Gasteiger partial charge in [-0.3, -0.25) is 4.79 Å². The monoisotopic (exact) mass is 281 g/mol. The highest BCUT2D eigenvalue weighted by Crippen LogP contribution is 2.32. The molecular weight excluding hydrogens is 262 g/mol. The molecular formula is C14H20ClN3O. The number of amides is 1. The van der Waals surface area contributed by atoms with Crippen molar-refractivity contribution in [1.82, 2.24) is 10.3 Å². The van der Waals surface area contributed by atoms with Gasteiger partial charge in [0.1, 0.15) is 5.15 Å². The van der Waals surface area contributed by atoms with E-state index >= 15 is 0 Å². The number of nitrogens with zero attached hydrogens (tertiary/aromatic N) is 1. The van der Waals surface area contributed by atoms with Gasteiger partial charge < -0.3 is 10.6 Å². The van der Waals surface area contributed by atoms with Crippen molar-refractivity contribution in [2.45, 2.75) is 33.1 Å². The van der Waals surface area contributed by atoms with Gasteiger partial charge in [0.05, 0.1) is 17.3 Å². The maximum atomic E-state index is 12.5. The number of aryl methyl sites for hydroxylation is 1. The van der Waals surface area contributed by atoms with Crippen LogP contribution in [0.4, 0.5) is 5.69 Å². The fourth-order valence-corrected chi connectivity index (χ4v) is 2.74. The molecule has 1 aliphatic rings. The van der Waals surface area contributed by atoms with E-state index in [0.717, 1.165) is 37.9 Å². The fourth-order valence-electron chi connectivity index (χ4n) is 2.63. The van der Waals surface area contributed by atoms with Gasteiger partial charge in [0.15, 0.2) is 0 Å². The van der Waals surface area contributed by atoms with Crippen LogP contribution in [0, 0.1) is 12.3 Å². The molecule has 104 valence electrons. The van der Waals surface area contributed by atoms with Crippen LogP contribution >= 0.6 is 11.6 Å². The van der Waals surface area contributed by atoms with Crippen molar-refractivity contribution in [1.29, 1.82) is 0 Å². The molecule has 1 aromatic rings. The summed E-state index contributed by atoms with van der Waals surface area (Å²) in [5.74, 6) is 0.0860. The standard InChI is InChI=1S/C14H20ClN3O/c1-3-4-14(5-6-16-9-14)13(19)18-11-7-10(2)12(15)17-8-11/h7-8,16H,3-6,9H2,1-2H3,(H,18,19). The minimum atomic E-state index is -0.276. The molecule has 1 amide bonds. The first-order valence-electron chi connectivity index (χ1n) is 6.72. The number of hydrogen-bond donors (Lipinski definition) is 2. The lowest BCUT2D eigenvalue weighted by Gasteiger charge is -2.26. The summed E-state index contributed by atoms with van der Waals surface area (Å²) in [5, 5.41) is 6.74. The third kappa shape index (κ3) is 3.07. The van der Waals surface area contributed by atoms with Crippen molar-refractivity contribution in [3.63, 3.8) is 0 Å². The van der Waals surface area contributed by atoms with E-state index in [1.807, 2.05) is 13.0 Å². The van der Waals surface area contributed by atoms with Crippen LogP contribution in [0.2, 0.25) is 5.15 Å². The zero-order valence-electron chi connectivity index (χ0n) is 11.4. The Morgan fingerprint density at radius 1 is 1.63 bits per heavy atom. The molecule has 5 heteroatoms. The lowest BCUT2D eigenvalue weighted by atomic mass is 9.81. The summed E-state index contributed by atoms with van der Waals surface area (Å²) in [7, 11) is 0. The van der Waals surface area contributed by atoms with Crippen molar-refractivity contribution >= 4 is 23.2 Å². The van der Waals surface area contributed by atoms with E-state index in [1.54, 1.807) is 6.20 Å². The molecule has 0 radical (unpaired) electrons. The molecule has 1 aromatic heterocycles. The van der Waals surface area contributed by atoms with Gasteiger partial charge in [0, 0.05) is 6.54 Å². The lowest BCUT2D eigenvalue weighted by Crippen LogP contribution is -2.38. The highest BCUT2D eigenvalue weighted by Gasteiger charge is 2.40. The van der Waals surface area contributed by atoms with Gasteiger partial charge in [0.25, 0.3) is 0 Å². The smallest absolute Gasteiger partial charge is 0.231 e. The number of aromatic nitrogens is 1. The third-order valence-electron chi connectivity index (χ3n) is 3.73. The van der Waals surface area contributed by atoms with Crippen molar-refractivity contribution < 1.29 is 4.79 Å². The van der Waals surface area contributed by atoms with Gasteiger partial charge in [-0.2, -0.15) is 0 Å². The summed E-state index contributed by atoms with van der Waals surface area (Å²) in [6.07, 6.45) is 4.42. The predicted molar refractivity (Wildman–Crippen MR) is 77.4 cm³/mol. The second-order valence-electron chi connectivity index (χ2n) is 5.24. The summed E-state index contributed by atoms with van der Waals surface area (Å²) in [4.78, 5) is 16.6. The first-order valence-corrected chi connectivity index (χ1v) is 7.09. The second-order valence-corrected chi connectivity index (χ2v) is 5.60. The Bertz CT molecular complexity index is 470. The summed E-state index contributed by atoms with van der Waals surface area (Å²) >= 11 is 5.89. The molecule has 0 spiro atoms. The average molecular weight is 282 g/mol. The van der Waals surface area contributed by atoms with Crippen LogP contribution in [0.25, 0.3) is 0 Å². The van der Waals surface area contributed by atoms with Gasteiger partial charge in [-0.15, -0.1) is 0 Å². The predicted octanol–water partition coefficient (Wildman–Crippen LogP) is 2.76. The van der Waals surface area contributed by atoms with Crippen molar-refractivity contribution in [3.8, 4) is 0 Å². The Morgan fingerprint density at radius 2 is 2.42 bits per heavy atom. The number of pyridine rings is 1. The minimum Gasteiger partial charge on any atom is -0.324 e. The molecule has 4 nitrogen and oxygen atoms in total. The maximum Gasteiger partial charge on any atom is 0.231 e. The van der Waals surface area contributed by atoms with Crippen molar-refractivity contribution in [2.75, 3.05) is 18.4 Å². The highest BCUT2D eigenvalue weighted by atomic mass is 35.5. The second kappa shape index (κ2) is 5.88. The van der Waals surface area contributed by atoms with Crippen LogP contribution in [0.15, 0.2) is 12.3 Å². The van der Waals surface area contributed by atoms with Crippen molar-refractivity contribution in [2.24, 2.45) is 5.41 Å². The molecule has 1 atom stereocenters. The molecule has 1 saturated heterocycles. The summed E-state index contributed by atoms with van der Waals surface area (Å²) in [6.45, 7) is 5.66. The Balaban J connectivity index is 2.12. The van der Waals surface area contributed by atoms with Gasteiger partial charge >= 0.3 is 0 Å². The topological polar surface area (TPSA) is 54.0 Å². The molecule has 0 aliphatic carbocycles. The van der Waals surface area contributed by atoms with E-state index in [1.165, 1.54) is 0 Å². The van der Waals surface area contributed by atoms with Crippen LogP contribution in [-0.2, 0) is 4.79 Å². The summed E-state index contributed by atoms with van der Waals surface area (Å²) < 4.78 is 0.